The number of rotatable bonds is 4. The van der Waals surface area contributed by atoms with Crippen LogP contribution in [0, 0.1) is 12.8 Å². The Kier molecular flexibility index (Phi) is 3.91. The van der Waals surface area contributed by atoms with E-state index in [4.69, 9.17) is 0 Å². The number of anilines is 1. The van der Waals surface area contributed by atoms with Gasteiger partial charge >= 0.3 is 0 Å². The number of nitrogens with zero attached hydrogens (tertiary/aromatic N) is 2. The minimum Gasteiger partial charge on any atom is -0.316 e. The van der Waals surface area contributed by atoms with Crippen molar-refractivity contribution in [1.29, 1.82) is 0 Å². The van der Waals surface area contributed by atoms with Crippen molar-refractivity contribution < 1.29 is 8.42 Å². The van der Waals surface area contributed by atoms with E-state index in [-0.39, 0.29) is 11.7 Å². The largest absolute Gasteiger partial charge is 0.316 e. The maximum Gasteiger partial charge on any atom is 0.233 e. The first-order valence-electron chi connectivity index (χ1n) is 6.18. The second-order valence-corrected chi connectivity index (χ2v) is 6.66. The fraction of sp³-hybridized carbons (Fsp3) is 0.727. The van der Waals surface area contributed by atoms with E-state index in [0.717, 1.165) is 25.9 Å². The number of hydrogen-bond donors (Lipinski definition) is 2. The van der Waals surface area contributed by atoms with Crippen molar-refractivity contribution in [2.75, 3.05) is 23.6 Å². The Labute approximate surface area is 108 Å². The summed E-state index contributed by atoms with van der Waals surface area (Å²) in [5.41, 5.74) is 1.27. The quantitative estimate of drug-likeness (QED) is 0.835. The molecule has 2 heterocycles. The van der Waals surface area contributed by atoms with Gasteiger partial charge in [0.15, 0.2) is 0 Å². The molecule has 0 aliphatic carbocycles. The van der Waals surface area contributed by atoms with Crippen molar-refractivity contribution in [2.24, 2.45) is 13.0 Å². The highest BCUT2D eigenvalue weighted by molar-refractivity contribution is 7.92. The van der Waals surface area contributed by atoms with Gasteiger partial charge < -0.3 is 5.32 Å². The molecular weight excluding hydrogens is 252 g/mol. The molecule has 1 fully saturated rings. The van der Waals surface area contributed by atoms with Crippen molar-refractivity contribution >= 4 is 15.7 Å². The number of aryl methyl sites for hydroxylation is 2. The molecular formula is C11H20N4O2S. The summed E-state index contributed by atoms with van der Waals surface area (Å²) in [5.74, 6) is 0.377. The summed E-state index contributed by atoms with van der Waals surface area (Å²) in [5, 5.41) is 7.35. The van der Waals surface area contributed by atoms with Gasteiger partial charge in [-0.1, -0.05) is 0 Å². The third kappa shape index (κ3) is 3.46. The molecule has 2 rings (SSSR count). The molecule has 1 aromatic rings. The monoisotopic (exact) mass is 272 g/mol. The second kappa shape index (κ2) is 5.27. The van der Waals surface area contributed by atoms with Crippen LogP contribution in [-0.2, 0) is 17.1 Å². The molecule has 2 N–H and O–H groups in total. The van der Waals surface area contributed by atoms with E-state index in [9.17, 15) is 8.42 Å². The summed E-state index contributed by atoms with van der Waals surface area (Å²) in [7, 11) is -1.51. The first-order chi connectivity index (χ1) is 8.46. The van der Waals surface area contributed by atoms with Gasteiger partial charge in [0.1, 0.15) is 0 Å². The normalized spacial score (nSPS) is 20.9. The Bertz CT molecular complexity index is 503. The number of aromatic nitrogens is 2. The summed E-state index contributed by atoms with van der Waals surface area (Å²) in [6.45, 7) is 3.57. The Balaban J connectivity index is 2.00. The van der Waals surface area contributed by atoms with Gasteiger partial charge in [-0.3, -0.25) is 9.40 Å². The highest BCUT2D eigenvalue weighted by Crippen LogP contribution is 2.17. The Morgan fingerprint density at radius 2 is 2.39 bits per heavy atom. The average molecular weight is 272 g/mol. The topological polar surface area (TPSA) is 76.0 Å². The number of piperidine rings is 1. The molecule has 0 spiro atoms. The van der Waals surface area contributed by atoms with Crippen molar-refractivity contribution in [2.45, 2.75) is 19.8 Å². The van der Waals surface area contributed by atoms with Crippen LogP contribution in [0.5, 0.6) is 0 Å². The van der Waals surface area contributed by atoms with Gasteiger partial charge in [0, 0.05) is 13.2 Å². The van der Waals surface area contributed by atoms with E-state index in [0.29, 0.717) is 11.4 Å². The van der Waals surface area contributed by atoms with E-state index >= 15 is 0 Å². The van der Waals surface area contributed by atoms with Gasteiger partial charge in [-0.15, -0.1) is 0 Å². The predicted octanol–water partition coefficient (Wildman–Crippen LogP) is 0.470. The molecule has 1 atom stereocenters. The van der Waals surface area contributed by atoms with Crippen LogP contribution < -0.4 is 10.0 Å². The van der Waals surface area contributed by atoms with Gasteiger partial charge in [0.05, 0.1) is 17.1 Å². The van der Waals surface area contributed by atoms with Crippen LogP contribution in [0.25, 0.3) is 0 Å². The number of hydrogen-bond acceptors (Lipinski definition) is 4. The maximum absolute atomic E-state index is 12.1. The van der Waals surface area contributed by atoms with Gasteiger partial charge in [-0.05, 0) is 38.8 Å². The first kappa shape index (κ1) is 13.4. The van der Waals surface area contributed by atoms with Crippen LogP contribution in [0.3, 0.4) is 0 Å². The van der Waals surface area contributed by atoms with E-state index in [1.807, 2.05) is 0 Å². The van der Waals surface area contributed by atoms with Crippen LogP contribution in [0.4, 0.5) is 5.69 Å². The molecule has 1 aliphatic rings. The smallest absolute Gasteiger partial charge is 0.233 e. The minimum absolute atomic E-state index is 0.175. The molecule has 102 valence electrons. The van der Waals surface area contributed by atoms with Crippen LogP contribution in [-0.4, -0.2) is 37.0 Å². The van der Waals surface area contributed by atoms with E-state index in [1.165, 1.54) is 0 Å². The van der Waals surface area contributed by atoms with Gasteiger partial charge in [0.25, 0.3) is 0 Å². The lowest BCUT2D eigenvalue weighted by Gasteiger charge is -2.22. The maximum atomic E-state index is 12.1. The van der Waals surface area contributed by atoms with E-state index < -0.39 is 10.0 Å². The highest BCUT2D eigenvalue weighted by Gasteiger charge is 2.22. The van der Waals surface area contributed by atoms with Crippen LogP contribution >= 0.6 is 0 Å². The highest BCUT2D eigenvalue weighted by atomic mass is 32.2. The molecule has 0 aromatic carbocycles. The lowest BCUT2D eigenvalue weighted by atomic mass is 10.0. The van der Waals surface area contributed by atoms with Crippen LogP contribution in [0.1, 0.15) is 18.5 Å². The zero-order valence-electron chi connectivity index (χ0n) is 10.8. The van der Waals surface area contributed by atoms with Crippen molar-refractivity contribution in [1.82, 2.24) is 15.1 Å². The zero-order chi connectivity index (χ0) is 13.2. The molecule has 0 bridgehead atoms. The van der Waals surface area contributed by atoms with Crippen molar-refractivity contribution in [3.63, 3.8) is 0 Å². The SMILES string of the molecule is Cc1nn(C)cc1NS(=O)(=O)CC1CCCNC1. The predicted molar refractivity (Wildman–Crippen MR) is 70.9 cm³/mol. The molecule has 0 saturated carbocycles. The summed E-state index contributed by atoms with van der Waals surface area (Å²) < 4.78 is 28.3. The van der Waals surface area contributed by atoms with E-state index in [1.54, 1.807) is 24.9 Å². The van der Waals surface area contributed by atoms with Crippen LogP contribution in [0.2, 0.25) is 0 Å². The number of sulfonamides is 1. The van der Waals surface area contributed by atoms with Crippen LogP contribution in [0.15, 0.2) is 6.20 Å². The molecule has 1 unspecified atom stereocenters. The fourth-order valence-electron chi connectivity index (χ4n) is 2.29. The second-order valence-electron chi connectivity index (χ2n) is 4.90. The molecule has 0 amide bonds. The standard InChI is InChI=1S/C11H20N4O2S/c1-9-11(7-15(2)13-9)14-18(16,17)8-10-4-3-5-12-6-10/h7,10,12,14H,3-6,8H2,1-2H3. The molecule has 7 heteroatoms. The molecule has 1 aliphatic heterocycles. The molecule has 6 nitrogen and oxygen atoms in total. The lowest BCUT2D eigenvalue weighted by Crippen LogP contribution is -2.35. The van der Waals surface area contributed by atoms with Gasteiger partial charge in [0.2, 0.25) is 10.0 Å². The average Bonchev–Trinajstić information content (AvgIpc) is 2.57. The Morgan fingerprint density at radius 1 is 1.61 bits per heavy atom. The third-order valence-electron chi connectivity index (χ3n) is 3.13. The van der Waals surface area contributed by atoms with Crippen molar-refractivity contribution in [3.8, 4) is 0 Å². The summed E-state index contributed by atoms with van der Waals surface area (Å²) in [6.07, 6.45) is 3.71. The Hall–Kier alpha value is -1.08. The Morgan fingerprint density at radius 3 is 2.94 bits per heavy atom. The number of nitrogens with one attached hydrogen (secondary N) is 2. The van der Waals surface area contributed by atoms with Crippen molar-refractivity contribution in [3.05, 3.63) is 11.9 Å². The van der Waals surface area contributed by atoms with Gasteiger partial charge in [-0.2, -0.15) is 5.10 Å². The molecule has 0 radical (unpaired) electrons. The third-order valence-corrected chi connectivity index (χ3v) is 4.57. The first-order valence-corrected chi connectivity index (χ1v) is 7.83. The fourth-order valence-corrected chi connectivity index (χ4v) is 3.81. The lowest BCUT2D eigenvalue weighted by molar-refractivity contribution is 0.404. The molecule has 1 aromatic heterocycles. The minimum atomic E-state index is -3.29. The zero-order valence-corrected chi connectivity index (χ0v) is 11.6. The van der Waals surface area contributed by atoms with E-state index in [2.05, 4.69) is 15.1 Å². The molecule has 18 heavy (non-hydrogen) atoms. The summed E-state index contributed by atoms with van der Waals surface area (Å²) in [6, 6.07) is 0. The summed E-state index contributed by atoms with van der Waals surface area (Å²) >= 11 is 0. The summed E-state index contributed by atoms with van der Waals surface area (Å²) in [4.78, 5) is 0. The van der Waals surface area contributed by atoms with Gasteiger partial charge in [-0.25, -0.2) is 8.42 Å². The molecule has 1 saturated heterocycles.